The monoisotopic (exact) mass is 273 g/mol. The van der Waals surface area contributed by atoms with Gasteiger partial charge >= 0.3 is 0 Å². The maximum atomic E-state index is 12.4. The van der Waals surface area contributed by atoms with Crippen molar-refractivity contribution < 1.29 is 9.90 Å². The molecule has 2 rings (SSSR count). The van der Waals surface area contributed by atoms with Crippen LogP contribution in [0.3, 0.4) is 0 Å². The number of benzene rings is 1. The number of carbonyl (C=O) groups excluding carboxylic acids is 1. The number of fused-ring (bicyclic) bond motifs is 1. The number of rotatable bonds is 5. The molecule has 5 nitrogen and oxygen atoms in total. The fourth-order valence-corrected chi connectivity index (χ4v) is 2.20. The predicted octanol–water partition coefficient (Wildman–Crippen LogP) is 1.66. The summed E-state index contributed by atoms with van der Waals surface area (Å²) in [5.41, 5.74) is 6.23. The van der Waals surface area contributed by atoms with Gasteiger partial charge in [0.2, 0.25) is 0 Å². The molecule has 0 radical (unpaired) electrons. The Balaban J connectivity index is 2.38. The van der Waals surface area contributed by atoms with Crippen LogP contribution in [0.5, 0.6) is 0 Å². The van der Waals surface area contributed by atoms with Crippen LogP contribution in [0.2, 0.25) is 0 Å². The predicted molar refractivity (Wildman–Crippen MR) is 79.4 cm³/mol. The first-order valence-electron chi connectivity index (χ1n) is 6.72. The molecule has 1 aromatic carbocycles. The molecule has 1 heterocycles. The Bertz CT molecular complexity index is 607. The molecule has 0 aliphatic rings. The molecule has 106 valence electrons. The van der Waals surface area contributed by atoms with E-state index in [4.69, 9.17) is 10.8 Å². The minimum atomic E-state index is -0.196. The van der Waals surface area contributed by atoms with E-state index in [0.717, 1.165) is 17.2 Å². The summed E-state index contributed by atoms with van der Waals surface area (Å²) < 4.78 is 0. The van der Waals surface area contributed by atoms with Crippen LogP contribution in [0.15, 0.2) is 30.3 Å². The summed E-state index contributed by atoms with van der Waals surface area (Å²) >= 11 is 0. The van der Waals surface area contributed by atoms with Crippen molar-refractivity contribution in [1.82, 2.24) is 9.88 Å². The number of nitrogens with two attached hydrogens (primary N) is 1. The lowest BCUT2D eigenvalue weighted by Crippen LogP contribution is -2.34. The molecule has 0 atom stereocenters. The van der Waals surface area contributed by atoms with Gasteiger partial charge in [-0.05, 0) is 17.9 Å². The van der Waals surface area contributed by atoms with E-state index in [0.29, 0.717) is 24.6 Å². The van der Waals surface area contributed by atoms with Gasteiger partial charge in [-0.3, -0.25) is 4.79 Å². The average molecular weight is 273 g/mol. The van der Waals surface area contributed by atoms with Gasteiger partial charge in [0.1, 0.15) is 11.5 Å². The average Bonchev–Trinajstić information content (AvgIpc) is 2.46. The van der Waals surface area contributed by atoms with Crippen LogP contribution in [0.1, 0.15) is 23.8 Å². The van der Waals surface area contributed by atoms with Crippen molar-refractivity contribution in [1.29, 1.82) is 0 Å². The van der Waals surface area contributed by atoms with Crippen molar-refractivity contribution in [3.8, 4) is 0 Å². The molecule has 0 bridgehead atoms. The summed E-state index contributed by atoms with van der Waals surface area (Å²) in [6.07, 6.45) is 0.828. The molecule has 0 aliphatic heterocycles. The van der Waals surface area contributed by atoms with E-state index in [9.17, 15) is 4.79 Å². The topological polar surface area (TPSA) is 79.5 Å². The first-order chi connectivity index (χ1) is 9.67. The highest BCUT2D eigenvalue weighted by Crippen LogP contribution is 2.20. The number of hydrogen-bond donors (Lipinski definition) is 2. The maximum Gasteiger partial charge on any atom is 0.272 e. The number of amides is 1. The molecule has 20 heavy (non-hydrogen) atoms. The Morgan fingerprint density at radius 3 is 2.80 bits per heavy atom. The molecule has 2 aromatic rings. The normalized spacial score (nSPS) is 10.7. The molecule has 1 aromatic heterocycles. The number of aliphatic hydroxyl groups is 1. The van der Waals surface area contributed by atoms with Crippen LogP contribution >= 0.6 is 0 Å². The van der Waals surface area contributed by atoms with Crippen LogP contribution in [0.25, 0.3) is 10.8 Å². The smallest absolute Gasteiger partial charge is 0.272 e. The molecule has 0 fully saturated rings. The third kappa shape index (κ3) is 2.88. The molecule has 0 unspecified atom stereocenters. The van der Waals surface area contributed by atoms with Gasteiger partial charge in [-0.2, -0.15) is 0 Å². The molecule has 1 amide bonds. The number of carbonyl (C=O) groups is 1. The van der Waals surface area contributed by atoms with Crippen LogP contribution in [-0.2, 0) is 0 Å². The Labute approximate surface area is 118 Å². The van der Waals surface area contributed by atoms with Gasteiger partial charge < -0.3 is 15.7 Å². The van der Waals surface area contributed by atoms with Crippen molar-refractivity contribution in [2.75, 3.05) is 25.4 Å². The maximum absolute atomic E-state index is 12.4. The van der Waals surface area contributed by atoms with Gasteiger partial charge in [0.25, 0.3) is 5.91 Å². The van der Waals surface area contributed by atoms with Gasteiger partial charge in [0.05, 0.1) is 6.61 Å². The Kier molecular flexibility index (Phi) is 4.53. The molecule has 0 saturated heterocycles. The zero-order chi connectivity index (χ0) is 14.5. The lowest BCUT2D eigenvalue weighted by atomic mass is 10.1. The number of anilines is 1. The Morgan fingerprint density at radius 2 is 2.10 bits per heavy atom. The summed E-state index contributed by atoms with van der Waals surface area (Å²) in [4.78, 5) is 18.2. The zero-order valence-electron chi connectivity index (χ0n) is 11.5. The van der Waals surface area contributed by atoms with Crippen LogP contribution in [0, 0.1) is 0 Å². The minimum absolute atomic E-state index is 0.0607. The molecule has 3 N–H and O–H groups in total. The van der Waals surface area contributed by atoms with Crippen LogP contribution < -0.4 is 5.73 Å². The molecule has 5 heteroatoms. The van der Waals surface area contributed by atoms with Gasteiger partial charge in [0, 0.05) is 18.5 Å². The van der Waals surface area contributed by atoms with Gasteiger partial charge in [-0.25, -0.2) is 4.98 Å². The van der Waals surface area contributed by atoms with Gasteiger partial charge in [0.15, 0.2) is 0 Å². The lowest BCUT2D eigenvalue weighted by Gasteiger charge is -2.20. The van der Waals surface area contributed by atoms with Crippen molar-refractivity contribution in [3.05, 3.63) is 36.0 Å². The number of aromatic nitrogens is 1. The summed E-state index contributed by atoms with van der Waals surface area (Å²) in [5.74, 6) is 0.158. The van der Waals surface area contributed by atoms with Gasteiger partial charge in [-0.15, -0.1) is 0 Å². The standard InChI is InChI=1S/C15H19N3O2/c1-2-7-18(8-9-19)15(20)13-10-11-5-3-4-6-12(11)14(16)17-13/h3-6,10,19H,2,7-9H2,1H3,(H2,16,17). The molecule has 0 spiro atoms. The highest BCUT2D eigenvalue weighted by atomic mass is 16.3. The first kappa shape index (κ1) is 14.3. The van der Waals surface area contributed by atoms with E-state index in [1.54, 1.807) is 11.0 Å². The largest absolute Gasteiger partial charge is 0.395 e. The Hall–Kier alpha value is -2.14. The van der Waals surface area contributed by atoms with E-state index in [2.05, 4.69) is 4.98 Å². The second-order valence-electron chi connectivity index (χ2n) is 4.63. The summed E-state index contributed by atoms with van der Waals surface area (Å²) in [5, 5.41) is 10.8. The van der Waals surface area contributed by atoms with E-state index in [-0.39, 0.29) is 12.5 Å². The van der Waals surface area contributed by atoms with E-state index >= 15 is 0 Å². The lowest BCUT2D eigenvalue weighted by molar-refractivity contribution is 0.0716. The number of aliphatic hydroxyl groups excluding tert-OH is 1. The quantitative estimate of drug-likeness (QED) is 0.868. The fraction of sp³-hybridized carbons (Fsp3) is 0.333. The highest BCUT2D eigenvalue weighted by molar-refractivity contribution is 5.99. The summed E-state index contributed by atoms with van der Waals surface area (Å²) in [7, 11) is 0. The van der Waals surface area contributed by atoms with Crippen molar-refractivity contribution >= 4 is 22.5 Å². The highest BCUT2D eigenvalue weighted by Gasteiger charge is 2.17. The minimum Gasteiger partial charge on any atom is -0.395 e. The number of nitrogen functional groups attached to an aromatic ring is 1. The van der Waals surface area contributed by atoms with Crippen LogP contribution in [0.4, 0.5) is 5.82 Å². The SMILES string of the molecule is CCCN(CCO)C(=O)c1cc2ccccc2c(N)n1. The second-order valence-corrected chi connectivity index (χ2v) is 4.63. The first-order valence-corrected chi connectivity index (χ1v) is 6.72. The van der Waals surface area contributed by atoms with Gasteiger partial charge in [-0.1, -0.05) is 31.2 Å². The third-order valence-corrected chi connectivity index (χ3v) is 3.14. The van der Waals surface area contributed by atoms with E-state index in [1.165, 1.54) is 0 Å². The van der Waals surface area contributed by atoms with Crippen LogP contribution in [-0.4, -0.2) is 40.6 Å². The summed E-state index contributed by atoms with van der Waals surface area (Å²) in [6.45, 7) is 2.82. The second kappa shape index (κ2) is 6.34. The molecule has 0 saturated carbocycles. The number of nitrogens with zero attached hydrogens (tertiary/aromatic N) is 2. The van der Waals surface area contributed by atoms with E-state index < -0.39 is 0 Å². The zero-order valence-corrected chi connectivity index (χ0v) is 11.5. The van der Waals surface area contributed by atoms with E-state index in [1.807, 2.05) is 31.2 Å². The van der Waals surface area contributed by atoms with Crippen molar-refractivity contribution in [2.45, 2.75) is 13.3 Å². The van der Waals surface area contributed by atoms with Crippen molar-refractivity contribution in [2.24, 2.45) is 0 Å². The molecular weight excluding hydrogens is 254 g/mol. The molecular formula is C15H19N3O2. The number of pyridine rings is 1. The third-order valence-electron chi connectivity index (χ3n) is 3.14. The Morgan fingerprint density at radius 1 is 1.35 bits per heavy atom. The summed E-state index contributed by atoms with van der Waals surface area (Å²) in [6, 6.07) is 9.31. The molecule has 0 aliphatic carbocycles. The van der Waals surface area contributed by atoms with Crippen molar-refractivity contribution in [3.63, 3.8) is 0 Å². The number of hydrogen-bond acceptors (Lipinski definition) is 4. The fourth-order valence-electron chi connectivity index (χ4n) is 2.20.